The van der Waals surface area contributed by atoms with Crippen molar-refractivity contribution < 1.29 is 32.7 Å². The Hall–Kier alpha value is -3.59. The van der Waals surface area contributed by atoms with E-state index in [0.29, 0.717) is 53.0 Å². The average molecular weight is 444 g/mol. The quantitative estimate of drug-likeness (QED) is 0.470. The Morgan fingerprint density at radius 3 is 2.22 bits per heavy atom. The number of nitrogens with zero attached hydrogens (tertiary/aromatic N) is 2. The fraction of sp³-hybridized carbons (Fsp3) is 0.304. The van der Waals surface area contributed by atoms with Crippen molar-refractivity contribution in [2.24, 2.45) is 0 Å². The first-order valence-electron chi connectivity index (χ1n) is 9.80. The molecule has 0 aliphatic heterocycles. The van der Waals surface area contributed by atoms with Gasteiger partial charge in [0.25, 0.3) is 5.91 Å². The minimum absolute atomic E-state index is 0.188. The van der Waals surface area contributed by atoms with E-state index in [4.69, 9.17) is 23.5 Å². The number of rotatable bonds is 10. The molecule has 0 fully saturated rings. The summed E-state index contributed by atoms with van der Waals surface area (Å²) in [6.07, 6.45) is 0. The van der Waals surface area contributed by atoms with Gasteiger partial charge in [0.2, 0.25) is 5.75 Å². The largest absolute Gasteiger partial charge is 0.493 e. The van der Waals surface area contributed by atoms with E-state index in [2.05, 4.69) is 5.16 Å². The Morgan fingerprint density at radius 1 is 1.00 bits per heavy atom. The van der Waals surface area contributed by atoms with E-state index in [1.807, 2.05) is 0 Å². The van der Waals surface area contributed by atoms with Gasteiger partial charge in [-0.1, -0.05) is 5.16 Å². The molecule has 0 saturated carbocycles. The summed E-state index contributed by atoms with van der Waals surface area (Å²) in [7, 11) is 6.14. The molecule has 0 spiro atoms. The van der Waals surface area contributed by atoms with E-state index in [9.17, 15) is 9.18 Å². The predicted octanol–water partition coefficient (Wildman–Crippen LogP) is 3.80. The molecule has 0 aliphatic carbocycles. The summed E-state index contributed by atoms with van der Waals surface area (Å²) in [5.74, 6) is 1.23. The highest BCUT2D eigenvalue weighted by atomic mass is 19.1. The minimum atomic E-state index is -0.406. The van der Waals surface area contributed by atoms with E-state index in [-0.39, 0.29) is 12.5 Å². The van der Waals surface area contributed by atoms with Crippen LogP contribution in [0.25, 0.3) is 11.3 Å². The Kier molecular flexibility index (Phi) is 7.67. The van der Waals surface area contributed by atoms with Crippen molar-refractivity contribution in [1.82, 2.24) is 10.1 Å². The molecule has 1 amide bonds. The zero-order chi connectivity index (χ0) is 23.1. The van der Waals surface area contributed by atoms with Crippen molar-refractivity contribution in [3.8, 4) is 28.6 Å². The van der Waals surface area contributed by atoms with Crippen molar-refractivity contribution >= 4 is 5.91 Å². The number of hydrogen-bond acceptors (Lipinski definition) is 7. The smallest absolute Gasteiger partial charge is 0.254 e. The molecular weight excluding hydrogens is 419 g/mol. The number of ether oxygens (including phenoxy) is 4. The molecule has 32 heavy (non-hydrogen) atoms. The van der Waals surface area contributed by atoms with Gasteiger partial charge in [0.05, 0.1) is 34.5 Å². The standard InChI is InChI=1S/C23H25FN2O6/c1-28-10-9-26(23(27)15-5-7-17(24)8-6-15)14-18-13-19(32-25-18)16-11-20(29-2)22(31-4)21(12-16)30-3/h5-8,11-13H,9-10,14H2,1-4H3. The van der Waals surface area contributed by atoms with Crippen LogP contribution in [0.5, 0.6) is 17.2 Å². The van der Waals surface area contributed by atoms with Crippen molar-refractivity contribution in [1.29, 1.82) is 0 Å². The molecule has 0 radical (unpaired) electrons. The predicted molar refractivity (Wildman–Crippen MR) is 115 cm³/mol. The number of carbonyl (C=O) groups excluding carboxylic acids is 1. The number of amides is 1. The molecule has 0 atom stereocenters. The SMILES string of the molecule is COCCN(Cc1cc(-c2cc(OC)c(OC)c(OC)c2)on1)C(=O)c1ccc(F)cc1. The number of halogens is 1. The average Bonchev–Trinajstić information content (AvgIpc) is 3.29. The van der Waals surface area contributed by atoms with Gasteiger partial charge in [0.15, 0.2) is 17.3 Å². The Labute approximate surface area is 185 Å². The number of carbonyl (C=O) groups is 1. The Bertz CT molecular complexity index is 1030. The molecule has 8 nitrogen and oxygen atoms in total. The highest BCUT2D eigenvalue weighted by molar-refractivity contribution is 5.94. The second-order valence-corrected chi connectivity index (χ2v) is 6.82. The van der Waals surface area contributed by atoms with Gasteiger partial charge in [-0.3, -0.25) is 4.79 Å². The molecule has 3 rings (SSSR count). The zero-order valence-electron chi connectivity index (χ0n) is 18.4. The van der Waals surface area contributed by atoms with Crippen LogP contribution in [0.4, 0.5) is 4.39 Å². The molecule has 9 heteroatoms. The summed E-state index contributed by atoms with van der Waals surface area (Å²) in [5.41, 5.74) is 1.59. The molecule has 0 N–H and O–H groups in total. The van der Waals surface area contributed by atoms with Crippen LogP contribution in [-0.2, 0) is 11.3 Å². The monoisotopic (exact) mass is 444 g/mol. The lowest BCUT2D eigenvalue weighted by atomic mass is 10.1. The van der Waals surface area contributed by atoms with Crippen molar-refractivity contribution in [2.45, 2.75) is 6.54 Å². The lowest BCUT2D eigenvalue weighted by Crippen LogP contribution is -2.33. The van der Waals surface area contributed by atoms with Crippen LogP contribution >= 0.6 is 0 Å². The second kappa shape index (κ2) is 10.6. The third kappa shape index (κ3) is 5.17. The summed E-state index contributed by atoms with van der Waals surface area (Å²) in [5, 5.41) is 4.10. The summed E-state index contributed by atoms with van der Waals surface area (Å²) >= 11 is 0. The fourth-order valence-electron chi connectivity index (χ4n) is 3.17. The van der Waals surface area contributed by atoms with Gasteiger partial charge in [-0.05, 0) is 36.4 Å². The van der Waals surface area contributed by atoms with Gasteiger partial charge in [0.1, 0.15) is 11.5 Å². The molecular formula is C23H25FN2O6. The molecule has 0 bridgehead atoms. The van der Waals surface area contributed by atoms with Gasteiger partial charge in [-0.25, -0.2) is 4.39 Å². The number of benzene rings is 2. The minimum Gasteiger partial charge on any atom is -0.493 e. The topological polar surface area (TPSA) is 83.3 Å². The first-order valence-corrected chi connectivity index (χ1v) is 9.80. The third-order valence-corrected chi connectivity index (χ3v) is 4.80. The lowest BCUT2D eigenvalue weighted by molar-refractivity contribution is 0.0676. The van der Waals surface area contributed by atoms with E-state index >= 15 is 0 Å². The van der Waals surface area contributed by atoms with Crippen LogP contribution in [0.2, 0.25) is 0 Å². The zero-order valence-corrected chi connectivity index (χ0v) is 18.4. The fourth-order valence-corrected chi connectivity index (χ4v) is 3.17. The maximum absolute atomic E-state index is 13.2. The van der Waals surface area contributed by atoms with E-state index in [1.54, 1.807) is 30.2 Å². The second-order valence-electron chi connectivity index (χ2n) is 6.82. The van der Waals surface area contributed by atoms with Gasteiger partial charge >= 0.3 is 0 Å². The van der Waals surface area contributed by atoms with Gasteiger partial charge in [-0.15, -0.1) is 0 Å². The van der Waals surface area contributed by atoms with E-state index in [0.717, 1.165) is 0 Å². The number of aromatic nitrogens is 1. The number of hydrogen-bond donors (Lipinski definition) is 0. The highest BCUT2D eigenvalue weighted by Crippen LogP contribution is 2.41. The van der Waals surface area contributed by atoms with Gasteiger partial charge < -0.3 is 28.4 Å². The van der Waals surface area contributed by atoms with Crippen molar-refractivity contribution in [3.05, 3.63) is 59.5 Å². The van der Waals surface area contributed by atoms with E-state index < -0.39 is 5.82 Å². The maximum atomic E-state index is 13.2. The van der Waals surface area contributed by atoms with Crippen LogP contribution in [-0.4, -0.2) is 57.6 Å². The van der Waals surface area contributed by atoms with Gasteiger partial charge in [0, 0.05) is 30.8 Å². The molecule has 0 saturated heterocycles. The maximum Gasteiger partial charge on any atom is 0.254 e. The van der Waals surface area contributed by atoms with Crippen LogP contribution in [0.1, 0.15) is 16.1 Å². The molecule has 1 heterocycles. The van der Waals surface area contributed by atoms with E-state index in [1.165, 1.54) is 45.6 Å². The molecule has 0 unspecified atom stereocenters. The normalized spacial score (nSPS) is 10.7. The Balaban J connectivity index is 1.85. The van der Waals surface area contributed by atoms with Crippen molar-refractivity contribution in [2.75, 3.05) is 41.6 Å². The summed E-state index contributed by atoms with van der Waals surface area (Å²) in [6, 6.07) is 10.6. The molecule has 0 aliphatic rings. The van der Waals surface area contributed by atoms with Crippen LogP contribution < -0.4 is 14.2 Å². The number of methoxy groups -OCH3 is 4. The summed E-state index contributed by atoms with van der Waals surface area (Å²) < 4.78 is 40.0. The summed E-state index contributed by atoms with van der Waals surface area (Å²) in [4.78, 5) is 14.5. The van der Waals surface area contributed by atoms with Crippen LogP contribution in [0, 0.1) is 5.82 Å². The lowest BCUT2D eigenvalue weighted by Gasteiger charge is -2.21. The molecule has 3 aromatic rings. The first-order chi connectivity index (χ1) is 15.5. The summed E-state index contributed by atoms with van der Waals surface area (Å²) in [6.45, 7) is 0.858. The molecule has 170 valence electrons. The van der Waals surface area contributed by atoms with Gasteiger partial charge in [-0.2, -0.15) is 0 Å². The Morgan fingerprint density at radius 2 is 1.66 bits per heavy atom. The molecule has 2 aromatic carbocycles. The highest BCUT2D eigenvalue weighted by Gasteiger charge is 2.20. The molecule has 1 aromatic heterocycles. The van der Waals surface area contributed by atoms with Crippen molar-refractivity contribution in [3.63, 3.8) is 0 Å². The first kappa shape index (κ1) is 23.1. The van der Waals surface area contributed by atoms with Crippen LogP contribution in [0.15, 0.2) is 47.0 Å². The van der Waals surface area contributed by atoms with Crippen LogP contribution in [0.3, 0.4) is 0 Å². The third-order valence-electron chi connectivity index (χ3n) is 4.80.